The van der Waals surface area contributed by atoms with Crippen molar-refractivity contribution < 1.29 is 9.90 Å². The molecule has 0 spiro atoms. The third-order valence-electron chi connectivity index (χ3n) is 4.44. The van der Waals surface area contributed by atoms with E-state index in [1.165, 1.54) is 6.42 Å². The molecule has 1 heterocycles. The van der Waals surface area contributed by atoms with Gasteiger partial charge in [-0.2, -0.15) is 0 Å². The Morgan fingerprint density at radius 2 is 2.17 bits per heavy atom. The Kier molecular flexibility index (Phi) is 7.30. The van der Waals surface area contributed by atoms with E-state index < -0.39 is 0 Å². The number of urea groups is 1. The van der Waals surface area contributed by atoms with E-state index in [4.69, 9.17) is 0 Å². The lowest BCUT2D eigenvalue weighted by Gasteiger charge is -2.24. The summed E-state index contributed by atoms with van der Waals surface area (Å²) < 4.78 is 0. The number of nitrogens with zero attached hydrogens (tertiary/aromatic N) is 1. The number of aliphatic hydroxyl groups is 1. The predicted molar refractivity (Wildman–Crippen MR) is 93.9 cm³/mol. The van der Waals surface area contributed by atoms with E-state index in [0.29, 0.717) is 12.5 Å². The summed E-state index contributed by atoms with van der Waals surface area (Å²) in [5.74, 6) is 0.644. The number of aromatic nitrogens is 1. The van der Waals surface area contributed by atoms with Gasteiger partial charge < -0.3 is 15.7 Å². The zero-order valence-corrected chi connectivity index (χ0v) is 15.0. The minimum absolute atomic E-state index is 0.0920. The largest absolute Gasteiger partial charge is 0.396 e. The quantitative estimate of drug-likeness (QED) is 0.697. The molecule has 1 aromatic heterocycles. The standard InChI is InChI=1S/C17H29N3O2S/c1-12(2)16-19-14(11-23-16)8-9-18-17(22)20-15-7-5-3-4-6-13(15)10-21/h11-13,15,21H,3-10H2,1-2H3,(H2,18,20,22). The third-order valence-corrected chi connectivity index (χ3v) is 5.63. The van der Waals surface area contributed by atoms with Crippen molar-refractivity contribution in [2.24, 2.45) is 5.92 Å². The van der Waals surface area contributed by atoms with Gasteiger partial charge >= 0.3 is 6.03 Å². The fourth-order valence-corrected chi connectivity index (χ4v) is 3.89. The zero-order chi connectivity index (χ0) is 16.7. The summed E-state index contributed by atoms with van der Waals surface area (Å²) in [6, 6.07) is -0.0380. The third kappa shape index (κ3) is 5.77. The van der Waals surface area contributed by atoms with E-state index in [1.807, 2.05) is 0 Å². The van der Waals surface area contributed by atoms with Crippen LogP contribution >= 0.6 is 11.3 Å². The summed E-state index contributed by atoms with van der Waals surface area (Å²) in [7, 11) is 0. The molecule has 2 amide bonds. The van der Waals surface area contributed by atoms with E-state index in [2.05, 4.69) is 34.8 Å². The molecule has 130 valence electrons. The average Bonchev–Trinajstić information content (AvgIpc) is 2.88. The molecule has 2 atom stereocenters. The number of aliphatic hydroxyl groups excluding tert-OH is 1. The van der Waals surface area contributed by atoms with E-state index in [-0.39, 0.29) is 24.6 Å². The second-order valence-electron chi connectivity index (χ2n) is 6.67. The van der Waals surface area contributed by atoms with Crippen LogP contribution in [0, 0.1) is 5.92 Å². The molecule has 5 nitrogen and oxygen atoms in total. The summed E-state index contributed by atoms with van der Waals surface area (Å²) in [4.78, 5) is 16.6. The molecule has 0 bridgehead atoms. The van der Waals surface area contributed by atoms with Gasteiger partial charge in [-0.15, -0.1) is 11.3 Å². The van der Waals surface area contributed by atoms with Gasteiger partial charge in [0.05, 0.1) is 10.7 Å². The molecular formula is C17H29N3O2S. The average molecular weight is 340 g/mol. The highest BCUT2D eigenvalue weighted by Gasteiger charge is 2.24. The number of thiazole rings is 1. The Hall–Kier alpha value is -1.14. The van der Waals surface area contributed by atoms with Gasteiger partial charge in [-0.1, -0.05) is 33.1 Å². The lowest BCUT2D eigenvalue weighted by molar-refractivity contribution is 0.179. The van der Waals surface area contributed by atoms with Crippen molar-refractivity contribution in [3.63, 3.8) is 0 Å². The second kappa shape index (κ2) is 9.23. The van der Waals surface area contributed by atoms with Crippen molar-refractivity contribution in [2.75, 3.05) is 13.2 Å². The van der Waals surface area contributed by atoms with Gasteiger partial charge in [0.15, 0.2) is 0 Å². The Bertz CT molecular complexity index is 490. The topological polar surface area (TPSA) is 74.2 Å². The van der Waals surface area contributed by atoms with Crippen LogP contribution in [0.1, 0.15) is 62.6 Å². The molecule has 6 heteroatoms. The van der Waals surface area contributed by atoms with Gasteiger partial charge in [-0.25, -0.2) is 9.78 Å². The first-order valence-corrected chi connectivity index (χ1v) is 9.57. The highest BCUT2D eigenvalue weighted by atomic mass is 32.1. The molecule has 1 saturated carbocycles. The molecule has 1 aliphatic carbocycles. The molecule has 0 radical (unpaired) electrons. The number of hydrogen-bond acceptors (Lipinski definition) is 4. The molecule has 1 aliphatic rings. The Morgan fingerprint density at radius 1 is 1.39 bits per heavy atom. The van der Waals surface area contributed by atoms with Crippen molar-refractivity contribution in [3.8, 4) is 0 Å². The van der Waals surface area contributed by atoms with Gasteiger partial charge in [0, 0.05) is 42.8 Å². The van der Waals surface area contributed by atoms with Crippen LogP contribution in [0.5, 0.6) is 0 Å². The zero-order valence-electron chi connectivity index (χ0n) is 14.2. The Labute approximate surface area is 142 Å². The number of nitrogens with one attached hydrogen (secondary N) is 2. The van der Waals surface area contributed by atoms with Crippen molar-refractivity contribution in [3.05, 3.63) is 16.1 Å². The van der Waals surface area contributed by atoms with Crippen LogP contribution in [0.2, 0.25) is 0 Å². The molecule has 2 unspecified atom stereocenters. The first kappa shape index (κ1) is 18.2. The molecule has 0 aromatic carbocycles. The summed E-state index contributed by atoms with van der Waals surface area (Å²) in [6.07, 6.45) is 6.18. The van der Waals surface area contributed by atoms with Crippen LogP contribution in [0.3, 0.4) is 0 Å². The van der Waals surface area contributed by atoms with Crippen LogP contribution in [0.4, 0.5) is 4.79 Å². The number of rotatable bonds is 6. The molecular weight excluding hydrogens is 310 g/mol. The Morgan fingerprint density at radius 3 is 2.87 bits per heavy atom. The number of carbonyl (C=O) groups is 1. The maximum atomic E-state index is 12.1. The maximum absolute atomic E-state index is 12.1. The first-order valence-electron chi connectivity index (χ1n) is 8.69. The van der Waals surface area contributed by atoms with Crippen molar-refractivity contribution >= 4 is 17.4 Å². The van der Waals surface area contributed by atoms with Gasteiger partial charge in [-0.3, -0.25) is 0 Å². The van der Waals surface area contributed by atoms with Gasteiger partial charge in [0.1, 0.15) is 0 Å². The van der Waals surface area contributed by atoms with Gasteiger partial charge in [0.2, 0.25) is 0 Å². The van der Waals surface area contributed by atoms with Crippen LogP contribution < -0.4 is 10.6 Å². The maximum Gasteiger partial charge on any atom is 0.315 e. The molecule has 2 rings (SSSR count). The monoisotopic (exact) mass is 339 g/mol. The molecule has 0 saturated heterocycles. The summed E-state index contributed by atoms with van der Waals surface area (Å²) >= 11 is 1.68. The smallest absolute Gasteiger partial charge is 0.315 e. The normalized spacial score (nSPS) is 21.9. The first-order chi connectivity index (χ1) is 11.1. The van der Waals surface area contributed by atoms with Gasteiger partial charge in [-0.05, 0) is 12.8 Å². The van der Waals surface area contributed by atoms with Crippen LogP contribution in [-0.4, -0.2) is 35.3 Å². The van der Waals surface area contributed by atoms with Crippen LogP contribution in [-0.2, 0) is 6.42 Å². The fraction of sp³-hybridized carbons (Fsp3) is 0.765. The molecule has 0 aliphatic heterocycles. The predicted octanol–water partition coefficient (Wildman–Crippen LogP) is 3.05. The van der Waals surface area contributed by atoms with Crippen molar-refractivity contribution in [1.29, 1.82) is 0 Å². The summed E-state index contributed by atoms with van der Waals surface area (Å²) in [5.41, 5.74) is 1.04. The summed E-state index contributed by atoms with van der Waals surface area (Å²) in [6.45, 7) is 5.02. The lowest BCUT2D eigenvalue weighted by atomic mass is 9.96. The second-order valence-corrected chi connectivity index (χ2v) is 7.56. The molecule has 23 heavy (non-hydrogen) atoms. The molecule has 1 aromatic rings. The number of hydrogen-bond donors (Lipinski definition) is 3. The van der Waals surface area contributed by atoms with E-state index in [1.54, 1.807) is 11.3 Å². The Balaban J connectivity index is 1.73. The summed E-state index contributed by atoms with van der Waals surface area (Å²) in [5, 5.41) is 18.7. The SMILES string of the molecule is CC(C)c1nc(CCNC(=O)NC2CCCCCC2CO)cs1. The van der Waals surface area contributed by atoms with E-state index in [9.17, 15) is 9.90 Å². The van der Waals surface area contributed by atoms with Crippen LogP contribution in [0.15, 0.2) is 5.38 Å². The van der Waals surface area contributed by atoms with Crippen molar-refractivity contribution in [2.45, 2.75) is 64.3 Å². The number of carbonyl (C=O) groups excluding carboxylic acids is 1. The van der Waals surface area contributed by atoms with E-state index >= 15 is 0 Å². The van der Waals surface area contributed by atoms with E-state index in [0.717, 1.165) is 42.8 Å². The minimum atomic E-state index is -0.130. The molecule has 1 fully saturated rings. The minimum Gasteiger partial charge on any atom is -0.396 e. The van der Waals surface area contributed by atoms with Gasteiger partial charge in [0.25, 0.3) is 0 Å². The molecule has 3 N–H and O–H groups in total. The fourth-order valence-electron chi connectivity index (χ4n) is 3.02. The highest BCUT2D eigenvalue weighted by molar-refractivity contribution is 7.09. The lowest BCUT2D eigenvalue weighted by Crippen LogP contribution is -2.46. The van der Waals surface area contributed by atoms with Crippen molar-refractivity contribution in [1.82, 2.24) is 15.6 Å². The van der Waals surface area contributed by atoms with Crippen LogP contribution in [0.25, 0.3) is 0 Å². The number of amides is 2. The highest BCUT2D eigenvalue weighted by Crippen LogP contribution is 2.23.